The van der Waals surface area contributed by atoms with E-state index in [9.17, 15) is 5.26 Å². The quantitative estimate of drug-likeness (QED) is 0.143. The van der Waals surface area contributed by atoms with Gasteiger partial charge in [0.15, 0.2) is 0 Å². The van der Waals surface area contributed by atoms with Gasteiger partial charge in [-0.3, -0.25) is 0 Å². The Bertz CT molecular complexity index is 4260. The van der Waals surface area contributed by atoms with Crippen molar-refractivity contribution in [3.05, 3.63) is 242 Å². The molecule has 0 atom stereocenters. The molecule has 68 heavy (non-hydrogen) atoms. The molecule has 0 radical (unpaired) electrons. The van der Waals surface area contributed by atoms with Gasteiger partial charge in [0.05, 0.1) is 45.1 Å². The van der Waals surface area contributed by atoms with Crippen molar-refractivity contribution >= 4 is 110 Å². The number of fused-ring (bicyclic) bond motifs is 1. The molecule has 2 heterocycles. The lowest BCUT2D eigenvalue weighted by molar-refractivity contribution is 1.18. The normalized spacial score (nSPS) is 11.8. The molecule has 5 heteroatoms. The molecule has 12 aromatic carbocycles. The number of nitriles is 1. The van der Waals surface area contributed by atoms with Crippen molar-refractivity contribution in [3.8, 4) is 17.4 Å². The molecule has 0 N–H and O–H groups in total. The highest BCUT2D eigenvalue weighted by Crippen LogP contribution is 2.49. The van der Waals surface area contributed by atoms with Crippen molar-refractivity contribution in [2.24, 2.45) is 0 Å². The third-order valence-electron chi connectivity index (χ3n) is 14.0. The summed E-state index contributed by atoms with van der Waals surface area (Å²) in [6.07, 6.45) is 0. The first-order valence-corrected chi connectivity index (χ1v) is 23.1. The predicted octanol–water partition coefficient (Wildman–Crippen LogP) is 17.0. The lowest BCUT2D eigenvalue weighted by Crippen LogP contribution is -2.13. The van der Waals surface area contributed by atoms with Crippen LogP contribution >= 0.6 is 0 Å². The number of hydrogen-bond acceptors (Lipinski definition) is 3. The van der Waals surface area contributed by atoms with Crippen LogP contribution in [0.15, 0.2) is 237 Å². The average Bonchev–Trinajstić information content (AvgIpc) is 3.94. The lowest BCUT2D eigenvalue weighted by Gasteiger charge is -2.30. The predicted molar refractivity (Wildman–Crippen MR) is 284 cm³/mol. The van der Waals surface area contributed by atoms with E-state index in [4.69, 9.17) is 0 Å². The van der Waals surface area contributed by atoms with Crippen LogP contribution in [0, 0.1) is 11.3 Å². The van der Waals surface area contributed by atoms with Crippen LogP contribution in [0.2, 0.25) is 0 Å². The van der Waals surface area contributed by atoms with Gasteiger partial charge in [0.25, 0.3) is 0 Å². The molecule has 0 aliphatic rings. The molecule has 5 nitrogen and oxygen atoms in total. The minimum Gasteiger partial charge on any atom is -0.310 e. The molecule has 2 aromatic heterocycles. The second-order valence-electron chi connectivity index (χ2n) is 17.7. The Morgan fingerprint density at radius 3 is 1.24 bits per heavy atom. The Labute approximate surface area is 392 Å². The van der Waals surface area contributed by atoms with E-state index in [1.54, 1.807) is 0 Å². The number of benzene rings is 12. The fraction of sp³-hybridized carbons (Fsp3) is 0. The Hall–Kier alpha value is -9.37. The zero-order valence-electron chi connectivity index (χ0n) is 36.8. The molecular formula is C63H39N5. The molecule has 14 rings (SSSR count). The number of anilines is 6. The number of hydrogen-bond donors (Lipinski definition) is 0. The third kappa shape index (κ3) is 5.62. The number of aromatic nitrogens is 2. The van der Waals surface area contributed by atoms with Gasteiger partial charge >= 0.3 is 0 Å². The van der Waals surface area contributed by atoms with Crippen molar-refractivity contribution in [2.45, 2.75) is 0 Å². The van der Waals surface area contributed by atoms with Gasteiger partial charge in [-0.05, 0) is 143 Å². The van der Waals surface area contributed by atoms with Crippen LogP contribution in [-0.4, -0.2) is 9.13 Å². The fourth-order valence-corrected chi connectivity index (χ4v) is 11.1. The van der Waals surface area contributed by atoms with E-state index in [-0.39, 0.29) is 0 Å². The molecule has 14 aromatic rings. The zero-order chi connectivity index (χ0) is 44.9. The monoisotopic (exact) mass is 865 g/mol. The van der Waals surface area contributed by atoms with Crippen molar-refractivity contribution in [2.75, 3.05) is 9.80 Å². The molecule has 0 saturated carbocycles. The highest BCUT2D eigenvalue weighted by atomic mass is 15.2. The maximum atomic E-state index is 9.85. The van der Waals surface area contributed by atoms with Crippen LogP contribution in [-0.2, 0) is 0 Å². The summed E-state index contributed by atoms with van der Waals surface area (Å²) in [5.74, 6) is 0. The molecule has 0 aliphatic carbocycles. The van der Waals surface area contributed by atoms with Gasteiger partial charge in [-0.1, -0.05) is 115 Å². The maximum Gasteiger partial charge on any atom is 0.0991 e. The molecule has 316 valence electrons. The fourth-order valence-electron chi connectivity index (χ4n) is 11.1. The lowest BCUT2D eigenvalue weighted by atomic mass is 9.99. The summed E-state index contributed by atoms with van der Waals surface area (Å²) in [6, 6.07) is 87.4. The summed E-state index contributed by atoms with van der Waals surface area (Å²) in [4.78, 5) is 4.75. The van der Waals surface area contributed by atoms with E-state index in [0.29, 0.717) is 5.56 Å². The molecule has 0 spiro atoms. The summed E-state index contributed by atoms with van der Waals surface area (Å²) in [5.41, 5.74) is 13.9. The second-order valence-corrected chi connectivity index (χ2v) is 17.7. The van der Waals surface area contributed by atoms with Gasteiger partial charge in [0.1, 0.15) is 0 Å². The van der Waals surface area contributed by atoms with Gasteiger partial charge in [-0.25, -0.2) is 0 Å². The number of para-hydroxylation sites is 2. The zero-order valence-corrected chi connectivity index (χ0v) is 36.8. The number of nitrogens with zero attached hydrogens (tertiary/aromatic N) is 5. The third-order valence-corrected chi connectivity index (χ3v) is 14.0. The Kier molecular flexibility index (Phi) is 8.28. The van der Waals surface area contributed by atoms with Crippen LogP contribution in [0.1, 0.15) is 5.56 Å². The Balaban J connectivity index is 0.974. The van der Waals surface area contributed by atoms with Crippen LogP contribution in [0.5, 0.6) is 0 Å². The minimum atomic E-state index is 0.622. The highest BCUT2D eigenvalue weighted by Gasteiger charge is 2.25. The standard InChI is InChI=1S/C63H39N5/c64-40-41-21-26-48(27-22-41)65(54-35-37-58-62-52(54)33-24-43-13-9-19-56(60(43)62)67(58)46-15-3-1-4-16-46)49-29-31-50(32-30-49)66(51-28-23-42-11-7-8-12-45(42)39-51)55-36-38-59-63-53(55)34-25-44-14-10-20-57(61(44)63)68(59)47-17-5-2-6-18-47/h1-39H. The topological polar surface area (TPSA) is 40.1 Å². The maximum absolute atomic E-state index is 9.85. The van der Waals surface area contributed by atoms with Gasteiger partial charge in [0.2, 0.25) is 0 Å². The molecular weight excluding hydrogens is 827 g/mol. The SMILES string of the molecule is N#Cc1ccc(N(c2ccc(N(c3ccc4ccccc4c3)c3ccc4c5c3ccc3cccc(c35)n4-c3ccccc3)cc2)c2ccc3c4c2ccc2cccc(c24)n3-c2ccccc2)cc1. The Morgan fingerprint density at radius 1 is 0.309 bits per heavy atom. The molecule has 0 amide bonds. The van der Waals surface area contributed by atoms with Crippen molar-refractivity contribution in [1.29, 1.82) is 5.26 Å². The van der Waals surface area contributed by atoms with Crippen LogP contribution in [0.4, 0.5) is 34.1 Å². The molecule has 0 fully saturated rings. The molecule has 0 saturated heterocycles. The van der Waals surface area contributed by atoms with Crippen molar-refractivity contribution < 1.29 is 0 Å². The minimum absolute atomic E-state index is 0.622. The first kappa shape index (κ1) is 38.0. The summed E-state index contributed by atoms with van der Waals surface area (Å²) in [6.45, 7) is 0. The summed E-state index contributed by atoms with van der Waals surface area (Å²) in [5, 5.41) is 22.0. The first-order chi connectivity index (χ1) is 33.7. The van der Waals surface area contributed by atoms with Crippen LogP contribution in [0.3, 0.4) is 0 Å². The number of rotatable bonds is 8. The summed E-state index contributed by atoms with van der Waals surface area (Å²) >= 11 is 0. The van der Waals surface area contributed by atoms with E-state index < -0.39 is 0 Å². The van der Waals surface area contributed by atoms with E-state index in [1.807, 2.05) is 12.1 Å². The molecule has 0 aliphatic heterocycles. The Morgan fingerprint density at radius 2 is 0.721 bits per heavy atom. The second kappa shape index (κ2) is 14.8. The van der Waals surface area contributed by atoms with Crippen molar-refractivity contribution in [3.63, 3.8) is 0 Å². The van der Waals surface area contributed by atoms with Gasteiger partial charge in [-0.15, -0.1) is 0 Å². The van der Waals surface area contributed by atoms with Crippen LogP contribution in [0.25, 0.3) is 87.3 Å². The highest BCUT2D eigenvalue weighted by molar-refractivity contribution is 6.28. The van der Waals surface area contributed by atoms with Gasteiger partial charge in [-0.2, -0.15) is 5.26 Å². The smallest absolute Gasteiger partial charge is 0.0991 e. The first-order valence-electron chi connectivity index (χ1n) is 23.1. The van der Waals surface area contributed by atoms with E-state index in [2.05, 4.69) is 249 Å². The van der Waals surface area contributed by atoms with Crippen LogP contribution < -0.4 is 9.80 Å². The van der Waals surface area contributed by atoms with Crippen molar-refractivity contribution in [1.82, 2.24) is 9.13 Å². The molecule has 0 unspecified atom stereocenters. The molecule has 0 bridgehead atoms. The van der Waals surface area contributed by atoms with E-state index in [0.717, 1.165) is 56.4 Å². The van der Waals surface area contributed by atoms with E-state index in [1.165, 1.54) is 65.0 Å². The average molecular weight is 866 g/mol. The largest absolute Gasteiger partial charge is 0.310 e. The summed E-state index contributed by atoms with van der Waals surface area (Å²) in [7, 11) is 0. The van der Waals surface area contributed by atoms with E-state index >= 15 is 0 Å². The summed E-state index contributed by atoms with van der Waals surface area (Å²) < 4.78 is 4.79. The van der Waals surface area contributed by atoms with Gasteiger partial charge in [0, 0.05) is 66.4 Å². The van der Waals surface area contributed by atoms with Gasteiger partial charge < -0.3 is 18.9 Å².